The summed E-state index contributed by atoms with van der Waals surface area (Å²) in [5, 5.41) is 6.19. The minimum Gasteiger partial charge on any atom is -0.357 e. The van der Waals surface area contributed by atoms with Crippen molar-refractivity contribution in [1.29, 1.82) is 0 Å². The van der Waals surface area contributed by atoms with Crippen LogP contribution in [0.2, 0.25) is 0 Å². The summed E-state index contributed by atoms with van der Waals surface area (Å²) in [4.78, 5) is 4.14. The number of aromatic nitrogens is 2. The molecular weight excluding hydrogens is 182 g/mol. The van der Waals surface area contributed by atoms with Crippen LogP contribution in [0.5, 0.6) is 0 Å². The molecule has 0 amide bonds. The van der Waals surface area contributed by atoms with Gasteiger partial charge in [0.2, 0.25) is 0 Å². The summed E-state index contributed by atoms with van der Waals surface area (Å²) in [6, 6.07) is 2.10. The highest BCUT2D eigenvalue weighted by atomic mass is 32.1. The van der Waals surface area contributed by atoms with Gasteiger partial charge in [-0.05, 0) is 11.6 Å². The number of aryl methyl sites for hydroxylation is 1. The molecule has 0 saturated heterocycles. The van der Waals surface area contributed by atoms with Crippen LogP contribution in [0.25, 0.3) is 0 Å². The molecule has 0 fully saturated rings. The van der Waals surface area contributed by atoms with E-state index in [1.165, 1.54) is 5.56 Å². The van der Waals surface area contributed by atoms with Gasteiger partial charge >= 0.3 is 0 Å². The maximum Gasteiger partial charge on any atom is 0.182 e. The summed E-state index contributed by atoms with van der Waals surface area (Å²) in [5.74, 6) is 0. The summed E-state index contributed by atoms with van der Waals surface area (Å²) in [6.45, 7) is 0.842. The third-order valence-corrected chi connectivity index (χ3v) is 2.50. The third kappa shape index (κ3) is 2.09. The second-order valence-corrected chi connectivity index (χ2v) is 3.77. The third-order valence-electron chi connectivity index (χ3n) is 1.77. The molecule has 0 aliphatic rings. The monoisotopic (exact) mass is 193 g/mol. The molecule has 0 spiro atoms. The Labute approximate surface area is 81.0 Å². The van der Waals surface area contributed by atoms with Crippen molar-refractivity contribution in [1.82, 2.24) is 9.55 Å². The van der Waals surface area contributed by atoms with Crippen molar-refractivity contribution in [3.05, 3.63) is 35.6 Å². The number of rotatable bonds is 3. The van der Waals surface area contributed by atoms with E-state index >= 15 is 0 Å². The second kappa shape index (κ2) is 3.62. The van der Waals surface area contributed by atoms with Crippen LogP contribution in [-0.2, 0) is 13.6 Å². The van der Waals surface area contributed by atoms with Crippen molar-refractivity contribution in [2.24, 2.45) is 7.05 Å². The standard InChI is InChI=1S/C9H11N3S/c1-12-4-2-8(7-12)6-11-9-10-3-5-13-9/h2-5,7H,6H2,1H3,(H,10,11). The fraction of sp³-hybridized carbons (Fsp3) is 0.222. The van der Waals surface area contributed by atoms with E-state index in [-0.39, 0.29) is 0 Å². The molecule has 0 radical (unpaired) electrons. The average Bonchev–Trinajstić information content (AvgIpc) is 2.71. The number of hydrogen-bond donors (Lipinski definition) is 1. The molecule has 0 aromatic carbocycles. The highest BCUT2D eigenvalue weighted by molar-refractivity contribution is 7.13. The van der Waals surface area contributed by atoms with Gasteiger partial charge in [-0.15, -0.1) is 11.3 Å². The van der Waals surface area contributed by atoms with E-state index in [2.05, 4.69) is 22.6 Å². The van der Waals surface area contributed by atoms with Crippen molar-refractivity contribution >= 4 is 16.5 Å². The number of thiazole rings is 1. The summed E-state index contributed by atoms with van der Waals surface area (Å²) in [5.41, 5.74) is 1.28. The van der Waals surface area contributed by atoms with Crippen LogP contribution in [0.3, 0.4) is 0 Å². The van der Waals surface area contributed by atoms with E-state index in [0.717, 1.165) is 11.7 Å². The molecular formula is C9H11N3S. The Morgan fingerprint density at radius 2 is 2.54 bits per heavy atom. The van der Waals surface area contributed by atoms with Crippen LogP contribution >= 0.6 is 11.3 Å². The fourth-order valence-corrected chi connectivity index (χ4v) is 1.68. The molecule has 0 aliphatic carbocycles. The van der Waals surface area contributed by atoms with E-state index in [4.69, 9.17) is 0 Å². The second-order valence-electron chi connectivity index (χ2n) is 2.88. The zero-order valence-electron chi connectivity index (χ0n) is 7.40. The van der Waals surface area contributed by atoms with Gasteiger partial charge < -0.3 is 9.88 Å². The average molecular weight is 193 g/mol. The molecule has 2 aromatic heterocycles. The minimum atomic E-state index is 0.842. The Morgan fingerprint density at radius 3 is 3.15 bits per heavy atom. The predicted octanol–water partition coefficient (Wildman–Crippen LogP) is 2.09. The van der Waals surface area contributed by atoms with Crippen molar-refractivity contribution in [3.63, 3.8) is 0 Å². The zero-order valence-corrected chi connectivity index (χ0v) is 8.21. The van der Waals surface area contributed by atoms with Crippen LogP contribution in [0.1, 0.15) is 5.56 Å². The van der Waals surface area contributed by atoms with E-state index in [9.17, 15) is 0 Å². The molecule has 3 nitrogen and oxygen atoms in total. The summed E-state index contributed by atoms with van der Waals surface area (Å²) in [6.07, 6.45) is 5.94. The summed E-state index contributed by atoms with van der Waals surface area (Å²) < 4.78 is 2.04. The highest BCUT2D eigenvalue weighted by Gasteiger charge is 1.96. The molecule has 1 N–H and O–H groups in total. The maximum absolute atomic E-state index is 4.14. The molecule has 0 bridgehead atoms. The van der Waals surface area contributed by atoms with Gasteiger partial charge in [-0.2, -0.15) is 0 Å². The van der Waals surface area contributed by atoms with E-state index < -0.39 is 0 Å². The van der Waals surface area contributed by atoms with Gasteiger partial charge in [0.25, 0.3) is 0 Å². The molecule has 2 heterocycles. The topological polar surface area (TPSA) is 29.9 Å². The number of nitrogens with zero attached hydrogens (tertiary/aromatic N) is 2. The fourth-order valence-electron chi connectivity index (χ4n) is 1.15. The number of anilines is 1. The molecule has 2 aromatic rings. The van der Waals surface area contributed by atoms with E-state index in [1.807, 2.05) is 23.2 Å². The lowest BCUT2D eigenvalue weighted by atomic mass is 10.3. The lowest BCUT2D eigenvalue weighted by molar-refractivity contribution is 0.920. The smallest absolute Gasteiger partial charge is 0.182 e. The van der Waals surface area contributed by atoms with Gasteiger partial charge in [0.1, 0.15) is 0 Å². The summed E-state index contributed by atoms with van der Waals surface area (Å²) in [7, 11) is 2.02. The Kier molecular flexibility index (Phi) is 2.31. The molecule has 4 heteroatoms. The van der Waals surface area contributed by atoms with Crippen molar-refractivity contribution in [2.45, 2.75) is 6.54 Å². The first-order valence-electron chi connectivity index (χ1n) is 4.09. The van der Waals surface area contributed by atoms with E-state index in [0.29, 0.717) is 0 Å². The van der Waals surface area contributed by atoms with Gasteiger partial charge in [-0.3, -0.25) is 0 Å². The van der Waals surface area contributed by atoms with Crippen molar-refractivity contribution in [3.8, 4) is 0 Å². The van der Waals surface area contributed by atoms with Gasteiger partial charge in [-0.1, -0.05) is 0 Å². The Bertz CT molecular complexity index is 364. The molecule has 2 rings (SSSR count). The predicted molar refractivity (Wildman–Crippen MR) is 54.9 cm³/mol. The Hall–Kier alpha value is -1.29. The number of hydrogen-bond acceptors (Lipinski definition) is 3. The van der Waals surface area contributed by atoms with Gasteiger partial charge in [0.05, 0.1) is 0 Å². The normalized spacial score (nSPS) is 10.2. The van der Waals surface area contributed by atoms with Crippen LogP contribution in [0.15, 0.2) is 30.0 Å². The SMILES string of the molecule is Cn1ccc(CNc2nccs2)c1. The lowest BCUT2D eigenvalue weighted by Gasteiger charge is -1.98. The van der Waals surface area contributed by atoms with Crippen molar-refractivity contribution in [2.75, 3.05) is 5.32 Å². The van der Waals surface area contributed by atoms with Crippen molar-refractivity contribution < 1.29 is 0 Å². The lowest BCUT2D eigenvalue weighted by Crippen LogP contribution is -1.97. The van der Waals surface area contributed by atoms with Gasteiger partial charge in [0, 0.05) is 37.6 Å². The first-order chi connectivity index (χ1) is 6.34. The molecule has 0 unspecified atom stereocenters. The quantitative estimate of drug-likeness (QED) is 0.809. The van der Waals surface area contributed by atoms with Gasteiger partial charge in [-0.25, -0.2) is 4.98 Å². The number of nitrogens with one attached hydrogen (secondary N) is 1. The first-order valence-corrected chi connectivity index (χ1v) is 4.97. The van der Waals surface area contributed by atoms with E-state index in [1.54, 1.807) is 17.5 Å². The molecule has 0 saturated carbocycles. The molecule has 0 atom stereocenters. The maximum atomic E-state index is 4.14. The molecule has 68 valence electrons. The highest BCUT2D eigenvalue weighted by Crippen LogP contribution is 2.11. The summed E-state index contributed by atoms with van der Waals surface area (Å²) >= 11 is 1.62. The van der Waals surface area contributed by atoms with Crippen LogP contribution in [0.4, 0.5) is 5.13 Å². The largest absolute Gasteiger partial charge is 0.357 e. The Morgan fingerprint density at radius 1 is 1.62 bits per heavy atom. The molecule has 13 heavy (non-hydrogen) atoms. The van der Waals surface area contributed by atoms with Crippen LogP contribution < -0.4 is 5.32 Å². The molecule has 0 aliphatic heterocycles. The van der Waals surface area contributed by atoms with Crippen LogP contribution in [0, 0.1) is 0 Å². The Balaban J connectivity index is 1.93. The van der Waals surface area contributed by atoms with Gasteiger partial charge in [0.15, 0.2) is 5.13 Å². The first kappa shape index (κ1) is 8.31. The van der Waals surface area contributed by atoms with Crippen LogP contribution in [-0.4, -0.2) is 9.55 Å². The zero-order chi connectivity index (χ0) is 9.10. The minimum absolute atomic E-state index is 0.842.